The van der Waals surface area contributed by atoms with E-state index in [2.05, 4.69) is 10.3 Å². The quantitative estimate of drug-likeness (QED) is 0.233. The number of cyclic esters (lactones) is 1. The molecule has 208 valence electrons. The molecule has 1 fully saturated rings. The highest BCUT2D eigenvalue weighted by Crippen LogP contribution is 2.35. The number of hydrogen-bond donors (Lipinski definition) is 0. The molecule has 0 amide bonds. The van der Waals surface area contributed by atoms with Crippen LogP contribution in [0.5, 0.6) is 23.0 Å². The molecule has 2 atom stereocenters. The van der Waals surface area contributed by atoms with E-state index in [-0.39, 0.29) is 24.4 Å². The van der Waals surface area contributed by atoms with E-state index in [0.29, 0.717) is 53.2 Å². The largest absolute Gasteiger partial charge is 0.493 e. The normalized spacial score (nSPS) is 16.4. The Labute approximate surface area is 237 Å². The smallest absolute Gasteiger partial charge is 0.309 e. The Morgan fingerprint density at radius 2 is 1.60 bits per heavy atom. The number of rotatable bonds is 11. The Bertz CT molecular complexity index is 1490. The van der Waals surface area contributed by atoms with Crippen LogP contribution in [-0.4, -0.2) is 48.9 Å². The van der Waals surface area contributed by atoms with Crippen LogP contribution < -0.4 is 18.9 Å². The molecule has 1 aliphatic rings. The van der Waals surface area contributed by atoms with E-state index in [4.69, 9.17) is 35.3 Å². The molecule has 0 radical (unpaired) electrons. The van der Waals surface area contributed by atoms with E-state index in [1.807, 2.05) is 48.5 Å². The molecule has 3 aromatic carbocycles. The van der Waals surface area contributed by atoms with Crippen molar-refractivity contribution < 1.29 is 28.5 Å². The van der Waals surface area contributed by atoms with Crippen molar-refractivity contribution in [3.63, 3.8) is 0 Å². The summed E-state index contributed by atoms with van der Waals surface area (Å²) in [5.41, 5.74) is 3.47. The zero-order chi connectivity index (χ0) is 28.1. The molecule has 9 nitrogen and oxygen atoms in total. The van der Waals surface area contributed by atoms with Crippen molar-refractivity contribution in [2.75, 3.05) is 27.9 Å². The van der Waals surface area contributed by atoms with Crippen molar-refractivity contribution in [2.45, 2.75) is 19.4 Å². The van der Waals surface area contributed by atoms with Gasteiger partial charge in [0, 0.05) is 10.9 Å². The van der Waals surface area contributed by atoms with Gasteiger partial charge in [0.05, 0.1) is 45.7 Å². The first-order valence-electron chi connectivity index (χ1n) is 12.8. The highest BCUT2D eigenvalue weighted by molar-refractivity contribution is 6.30. The van der Waals surface area contributed by atoms with Crippen LogP contribution in [0, 0.1) is 11.8 Å². The van der Waals surface area contributed by atoms with E-state index in [1.165, 1.54) is 0 Å². The van der Waals surface area contributed by atoms with Gasteiger partial charge in [-0.3, -0.25) is 4.79 Å². The van der Waals surface area contributed by atoms with E-state index < -0.39 is 0 Å². The first-order chi connectivity index (χ1) is 19.5. The predicted molar refractivity (Wildman–Crippen MR) is 149 cm³/mol. The molecule has 4 aromatic rings. The molecule has 0 N–H and O–H groups in total. The SMILES string of the molecule is COc1ccc(C[C@H]2COC(=O)[C@@H]2Cc2ccc(OCc3cn(-c4cccc(Cl)c4)nn3)c(OC)c2)cc1OC. The van der Waals surface area contributed by atoms with Gasteiger partial charge in [0.1, 0.15) is 12.3 Å². The average molecular weight is 564 g/mol. The van der Waals surface area contributed by atoms with Gasteiger partial charge >= 0.3 is 5.97 Å². The number of benzene rings is 3. The number of aromatic nitrogens is 3. The molecule has 1 saturated heterocycles. The van der Waals surface area contributed by atoms with Crippen molar-refractivity contribution in [2.24, 2.45) is 11.8 Å². The van der Waals surface area contributed by atoms with Crippen LogP contribution in [0.15, 0.2) is 66.9 Å². The summed E-state index contributed by atoms with van der Waals surface area (Å²) < 4.78 is 29.5. The van der Waals surface area contributed by atoms with Gasteiger partial charge in [0.25, 0.3) is 0 Å². The number of carbonyl (C=O) groups is 1. The summed E-state index contributed by atoms with van der Waals surface area (Å²) >= 11 is 6.08. The first kappa shape index (κ1) is 27.3. The van der Waals surface area contributed by atoms with Crippen LogP contribution in [0.3, 0.4) is 0 Å². The number of hydrogen-bond acceptors (Lipinski definition) is 8. The highest BCUT2D eigenvalue weighted by Gasteiger charge is 2.37. The van der Waals surface area contributed by atoms with Gasteiger partial charge in [-0.2, -0.15) is 0 Å². The second-order valence-corrected chi connectivity index (χ2v) is 9.94. The van der Waals surface area contributed by atoms with Crippen LogP contribution in [0.4, 0.5) is 0 Å². The van der Waals surface area contributed by atoms with Crippen LogP contribution in [0.2, 0.25) is 5.02 Å². The van der Waals surface area contributed by atoms with Crippen molar-refractivity contribution in [1.82, 2.24) is 15.0 Å². The monoisotopic (exact) mass is 563 g/mol. The molecule has 0 spiro atoms. The Morgan fingerprint density at radius 3 is 2.33 bits per heavy atom. The number of carbonyl (C=O) groups excluding carboxylic acids is 1. The molecule has 0 saturated carbocycles. The van der Waals surface area contributed by atoms with Gasteiger partial charge in [0.2, 0.25) is 0 Å². The fourth-order valence-electron chi connectivity index (χ4n) is 4.84. The fourth-order valence-corrected chi connectivity index (χ4v) is 5.02. The molecule has 1 aliphatic heterocycles. The van der Waals surface area contributed by atoms with Gasteiger partial charge in [-0.15, -0.1) is 5.10 Å². The number of halogens is 1. The highest BCUT2D eigenvalue weighted by atomic mass is 35.5. The van der Waals surface area contributed by atoms with Crippen LogP contribution in [0.1, 0.15) is 16.8 Å². The van der Waals surface area contributed by atoms with Gasteiger partial charge in [-0.05, 0) is 66.4 Å². The predicted octanol–water partition coefficient (Wildman–Crippen LogP) is 5.10. The number of methoxy groups -OCH3 is 3. The number of ether oxygens (including phenoxy) is 5. The molecule has 0 bridgehead atoms. The van der Waals surface area contributed by atoms with Crippen molar-refractivity contribution in [3.05, 3.63) is 88.7 Å². The van der Waals surface area contributed by atoms with Crippen LogP contribution in [0.25, 0.3) is 5.69 Å². The molecule has 0 unspecified atom stereocenters. The molecule has 40 heavy (non-hydrogen) atoms. The number of nitrogens with zero attached hydrogens (tertiary/aromatic N) is 3. The van der Waals surface area contributed by atoms with Crippen molar-refractivity contribution in [3.8, 4) is 28.7 Å². The minimum absolute atomic E-state index is 0.0367. The third-order valence-corrected chi connectivity index (χ3v) is 7.17. The minimum atomic E-state index is -0.272. The van der Waals surface area contributed by atoms with Gasteiger partial charge in [0.15, 0.2) is 23.0 Å². The van der Waals surface area contributed by atoms with Gasteiger partial charge in [-0.1, -0.05) is 35.0 Å². The molecule has 1 aromatic heterocycles. The lowest BCUT2D eigenvalue weighted by Gasteiger charge is -2.17. The third-order valence-electron chi connectivity index (χ3n) is 6.93. The second-order valence-electron chi connectivity index (χ2n) is 9.50. The van der Waals surface area contributed by atoms with E-state index in [9.17, 15) is 4.79 Å². The summed E-state index contributed by atoms with van der Waals surface area (Å²) in [6.45, 7) is 0.588. The summed E-state index contributed by atoms with van der Waals surface area (Å²) in [6, 6.07) is 18.9. The van der Waals surface area contributed by atoms with Gasteiger partial charge < -0.3 is 23.7 Å². The molecule has 0 aliphatic carbocycles. The van der Waals surface area contributed by atoms with Crippen molar-refractivity contribution >= 4 is 17.6 Å². The minimum Gasteiger partial charge on any atom is -0.493 e. The lowest BCUT2D eigenvalue weighted by atomic mass is 9.85. The topological polar surface area (TPSA) is 93.9 Å². The zero-order valence-corrected chi connectivity index (χ0v) is 23.3. The Kier molecular flexibility index (Phi) is 8.40. The summed E-state index contributed by atoms with van der Waals surface area (Å²) in [5, 5.41) is 8.96. The fraction of sp³-hybridized carbons (Fsp3) is 0.300. The van der Waals surface area contributed by atoms with E-state index in [0.717, 1.165) is 16.8 Å². The summed E-state index contributed by atoms with van der Waals surface area (Å²) in [5.74, 6) is 2.05. The molecule has 2 heterocycles. The maximum absolute atomic E-state index is 12.7. The lowest BCUT2D eigenvalue weighted by molar-refractivity contribution is -0.141. The van der Waals surface area contributed by atoms with Crippen LogP contribution in [-0.2, 0) is 29.0 Å². The standard InChI is InChI=1S/C30H30ClN3O6/c1-36-26-9-7-19(13-28(26)37-2)11-21-17-40-30(35)25(21)12-20-8-10-27(29(14-20)38-3)39-18-23-16-34(33-32-23)24-6-4-5-22(31)15-24/h4-10,13-16,21,25H,11-12,17-18H2,1-3H3/t21-,25+/m0/s1. The lowest BCUT2D eigenvalue weighted by Crippen LogP contribution is -2.20. The average Bonchev–Trinajstić information content (AvgIpc) is 3.59. The Balaban J connectivity index is 1.24. The maximum Gasteiger partial charge on any atom is 0.309 e. The molecule has 10 heteroatoms. The Hall–Kier alpha value is -4.24. The summed E-state index contributed by atoms with van der Waals surface area (Å²) in [6.07, 6.45) is 3.00. The second kappa shape index (κ2) is 12.3. The van der Waals surface area contributed by atoms with E-state index in [1.54, 1.807) is 44.3 Å². The Morgan fingerprint density at radius 1 is 0.900 bits per heavy atom. The number of esters is 1. The summed E-state index contributed by atoms with van der Waals surface area (Å²) in [7, 11) is 4.80. The first-order valence-corrected chi connectivity index (χ1v) is 13.2. The maximum atomic E-state index is 12.7. The molecular weight excluding hydrogens is 534 g/mol. The summed E-state index contributed by atoms with van der Waals surface area (Å²) in [4.78, 5) is 12.7. The molecular formula is C30H30ClN3O6. The van der Waals surface area contributed by atoms with E-state index >= 15 is 0 Å². The van der Waals surface area contributed by atoms with Crippen molar-refractivity contribution in [1.29, 1.82) is 0 Å². The third kappa shape index (κ3) is 6.15. The van der Waals surface area contributed by atoms with Gasteiger partial charge in [-0.25, -0.2) is 4.68 Å². The van der Waals surface area contributed by atoms with Crippen LogP contribution >= 0.6 is 11.6 Å². The molecule has 5 rings (SSSR count). The zero-order valence-electron chi connectivity index (χ0n) is 22.5.